The van der Waals surface area contributed by atoms with E-state index < -0.39 is 62.5 Å². The van der Waals surface area contributed by atoms with E-state index in [1.165, 1.54) is 12.5 Å². The normalized spacial score (nSPS) is 13.7. The van der Waals surface area contributed by atoms with Crippen LogP contribution in [0.1, 0.15) is 68.8 Å². The third-order valence-electron chi connectivity index (χ3n) is 7.86. The highest BCUT2D eigenvalue weighted by Crippen LogP contribution is 2.18. The Kier molecular flexibility index (Phi) is 15.0. The van der Waals surface area contributed by atoms with Crippen molar-refractivity contribution in [2.45, 2.75) is 95.7 Å². The van der Waals surface area contributed by atoms with Crippen molar-refractivity contribution < 1.29 is 31.5 Å². The van der Waals surface area contributed by atoms with Crippen LogP contribution in [0, 0.1) is 11.6 Å². The maximum Gasteiger partial charge on any atom is 0.330 e. The molecule has 1 heterocycles. The second-order valence-corrected chi connectivity index (χ2v) is 14.1. The molecule has 47 heavy (non-hydrogen) atoms. The van der Waals surface area contributed by atoms with Crippen molar-refractivity contribution in [1.82, 2.24) is 20.6 Å². The summed E-state index contributed by atoms with van der Waals surface area (Å²) in [6.45, 7) is 6.29. The number of carbonyl (C=O) groups excluding carboxylic acids is 2. The molecular weight excluding hydrogens is 628 g/mol. The van der Waals surface area contributed by atoms with Crippen LogP contribution in [0.15, 0.2) is 55.0 Å². The number of benzene rings is 2. The van der Waals surface area contributed by atoms with Crippen LogP contribution in [-0.2, 0) is 50.0 Å². The lowest BCUT2D eigenvalue weighted by Gasteiger charge is -2.28. The largest absolute Gasteiger partial charge is 0.458 e. The number of H-pyrrole nitrogens is 1. The van der Waals surface area contributed by atoms with E-state index in [0.29, 0.717) is 37.9 Å². The molecule has 0 saturated heterocycles. The van der Waals surface area contributed by atoms with Crippen LogP contribution in [0.4, 0.5) is 8.78 Å². The number of esters is 1. The van der Waals surface area contributed by atoms with Gasteiger partial charge in [-0.1, -0.05) is 57.9 Å². The number of carbonyl (C=O) groups is 2. The maximum absolute atomic E-state index is 14.0. The van der Waals surface area contributed by atoms with Crippen LogP contribution in [0.3, 0.4) is 0 Å². The van der Waals surface area contributed by atoms with Gasteiger partial charge in [0.25, 0.3) is 0 Å². The molecule has 0 aliphatic rings. The van der Waals surface area contributed by atoms with E-state index in [2.05, 4.69) is 20.6 Å². The summed E-state index contributed by atoms with van der Waals surface area (Å²) in [5.74, 6) is -3.78. The Bertz CT molecular complexity index is 1510. The number of rotatable bonds is 20. The van der Waals surface area contributed by atoms with Crippen LogP contribution in [-0.4, -0.2) is 66.0 Å². The summed E-state index contributed by atoms with van der Waals surface area (Å²) in [7, 11) is -3.84. The molecule has 0 aliphatic carbocycles. The second kappa shape index (κ2) is 18.6. The summed E-state index contributed by atoms with van der Waals surface area (Å²) in [5.41, 5.74) is 9.30. The van der Waals surface area contributed by atoms with E-state index in [1.807, 2.05) is 45.0 Å². The molecule has 1 amide bonds. The van der Waals surface area contributed by atoms with Crippen molar-refractivity contribution in [1.29, 1.82) is 0 Å². The summed E-state index contributed by atoms with van der Waals surface area (Å²) in [6, 6.07) is 8.55. The number of aromatic nitrogens is 2. The van der Waals surface area contributed by atoms with Crippen molar-refractivity contribution in [3.63, 3.8) is 0 Å². The van der Waals surface area contributed by atoms with Gasteiger partial charge < -0.3 is 26.1 Å². The predicted molar refractivity (Wildman–Crippen MR) is 177 cm³/mol. The summed E-state index contributed by atoms with van der Waals surface area (Å²) in [5, 5.41) is 5.10. The minimum Gasteiger partial charge on any atom is -0.458 e. The number of hydrogen-bond donors (Lipinski definition) is 4. The summed E-state index contributed by atoms with van der Waals surface area (Å²) < 4.78 is 60.9. The van der Waals surface area contributed by atoms with Crippen molar-refractivity contribution in [3.05, 3.63) is 89.0 Å². The minimum absolute atomic E-state index is 0.0385. The molecule has 258 valence electrons. The zero-order valence-electron chi connectivity index (χ0n) is 27.3. The zero-order chi connectivity index (χ0) is 34.4. The summed E-state index contributed by atoms with van der Waals surface area (Å²) in [4.78, 5) is 33.5. The Hall–Kier alpha value is -3.68. The molecule has 10 nitrogen and oxygen atoms in total. The van der Waals surface area contributed by atoms with E-state index in [4.69, 9.17) is 10.5 Å². The van der Waals surface area contributed by atoms with Crippen molar-refractivity contribution in [2.75, 3.05) is 12.3 Å². The number of sulfone groups is 1. The van der Waals surface area contributed by atoms with Crippen LogP contribution in [0.2, 0.25) is 0 Å². The number of nitrogens with one attached hydrogen (secondary N) is 3. The molecule has 0 radical (unpaired) electrons. The van der Waals surface area contributed by atoms with Gasteiger partial charge in [0.15, 0.2) is 9.84 Å². The highest BCUT2D eigenvalue weighted by atomic mass is 32.2. The van der Waals surface area contributed by atoms with Crippen LogP contribution in [0.25, 0.3) is 0 Å². The van der Waals surface area contributed by atoms with Gasteiger partial charge in [-0.3, -0.25) is 4.79 Å². The fraction of sp³-hybridized carbons (Fsp3) is 0.500. The van der Waals surface area contributed by atoms with Gasteiger partial charge >= 0.3 is 5.97 Å². The van der Waals surface area contributed by atoms with Gasteiger partial charge in [-0.05, 0) is 54.5 Å². The van der Waals surface area contributed by atoms with Gasteiger partial charge in [0.05, 0.1) is 29.4 Å². The van der Waals surface area contributed by atoms with E-state index in [1.54, 1.807) is 0 Å². The molecule has 2 aromatic carbocycles. The topological polar surface area (TPSA) is 156 Å². The first-order valence-corrected chi connectivity index (χ1v) is 17.8. The van der Waals surface area contributed by atoms with Gasteiger partial charge in [0.1, 0.15) is 23.8 Å². The smallest absolute Gasteiger partial charge is 0.330 e. The Morgan fingerprint density at radius 1 is 1.00 bits per heavy atom. The fourth-order valence-electron chi connectivity index (χ4n) is 5.44. The number of amides is 1. The Balaban J connectivity index is 1.85. The number of aromatic amines is 1. The molecule has 0 aliphatic heterocycles. The Labute approximate surface area is 276 Å². The van der Waals surface area contributed by atoms with Crippen LogP contribution in [0.5, 0.6) is 0 Å². The summed E-state index contributed by atoms with van der Waals surface area (Å²) >= 11 is 0. The lowest BCUT2D eigenvalue weighted by molar-refractivity contribution is -0.153. The van der Waals surface area contributed by atoms with Gasteiger partial charge in [-0.2, -0.15) is 0 Å². The van der Waals surface area contributed by atoms with E-state index >= 15 is 0 Å². The highest BCUT2D eigenvalue weighted by molar-refractivity contribution is 7.92. The van der Waals surface area contributed by atoms with Gasteiger partial charge in [-0.25, -0.2) is 27.0 Å². The van der Waals surface area contributed by atoms with E-state index in [-0.39, 0.29) is 24.9 Å². The first-order chi connectivity index (χ1) is 22.4. The first kappa shape index (κ1) is 37.8. The lowest BCUT2D eigenvalue weighted by Crippen LogP contribution is -2.52. The molecule has 13 heteroatoms. The Morgan fingerprint density at radius 2 is 1.68 bits per heavy atom. The zero-order valence-corrected chi connectivity index (χ0v) is 28.1. The fourth-order valence-corrected chi connectivity index (χ4v) is 7.59. The quantitative estimate of drug-likeness (QED) is 0.131. The number of aryl methyl sites for hydroxylation is 1. The molecule has 0 bridgehead atoms. The number of nitrogens with zero attached hydrogens (tertiary/aromatic N) is 1. The lowest BCUT2D eigenvalue weighted by atomic mass is 10.0. The highest BCUT2D eigenvalue weighted by Gasteiger charge is 2.35. The van der Waals surface area contributed by atoms with Crippen molar-refractivity contribution >= 4 is 21.7 Å². The van der Waals surface area contributed by atoms with Gasteiger partial charge in [0, 0.05) is 31.4 Å². The first-order valence-electron chi connectivity index (χ1n) is 16.1. The number of imidazole rings is 1. The number of hydrogen-bond acceptors (Lipinski definition) is 8. The van der Waals surface area contributed by atoms with Gasteiger partial charge in [-0.15, -0.1) is 0 Å². The average Bonchev–Trinajstić information content (AvgIpc) is 3.52. The molecule has 1 aromatic heterocycles. The standard InChI is InChI=1S/C34H47F2N5O5S/c1-4-8-29(9-5-2)47(44,45)21-31(41-33(42)17-28-19-39-22-40-28)34(43)46-32(20-38-18-24-11-7-10-23(6-3)12-24)30(37)15-25-13-26(35)16-27(36)14-25/h7,10-14,16,19,22,29-32,38H,4-6,8-9,15,17-18,20-21,37H2,1-3H3,(H,39,40)(H,41,42)/t30-,31-,32+/m0/s1. The van der Waals surface area contributed by atoms with E-state index in [9.17, 15) is 26.8 Å². The molecule has 0 saturated carbocycles. The van der Waals surface area contributed by atoms with E-state index in [0.717, 1.165) is 35.7 Å². The second-order valence-electron chi connectivity index (χ2n) is 11.8. The SMILES string of the molecule is CCCC(CCC)S(=O)(=O)C[C@H](NC(=O)Cc1c[nH]cn1)C(=O)O[C@H](CNCc1cccc(CC)c1)[C@@H](N)Cc1cc(F)cc(F)c1. The van der Waals surface area contributed by atoms with Crippen molar-refractivity contribution in [3.8, 4) is 0 Å². The number of nitrogens with two attached hydrogens (primary N) is 1. The number of ether oxygens (including phenoxy) is 1. The third kappa shape index (κ3) is 12.5. The molecule has 3 rings (SSSR count). The molecule has 0 unspecified atom stereocenters. The minimum atomic E-state index is -3.84. The van der Waals surface area contributed by atoms with Crippen LogP contribution < -0.4 is 16.4 Å². The Morgan fingerprint density at radius 3 is 2.30 bits per heavy atom. The molecular formula is C34H47F2N5O5S. The number of halogens is 2. The third-order valence-corrected chi connectivity index (χ3v) is 10.1. The molecule has 3 atom stereocenters. The monoisotopic (exact) mass is 675 g/mol. The van der Waals surface area contributed by atoms with Crippen LogP contribution >= 0.6 is 0 Å². The average molecular weight is 676 g/mol. The predicted octanol–water partition coefficient (Wildman–Crippen LogP) is 3.93. The molecule has 3 aromatic rings. The molecule has 5 N–H and O–H groups in total. The van der Waals surface area contributed by atoms with Crippen molar-refractivity contribution in [2.24, 2.45) is 5.73 Å². The molecule has 0 fully saturated rings. The maximum atomic E-state index is 14.0. The molecule has 0 spiro atoms. The summed E-state index contributed by atoms with van der Waals surface area (Å²) in [6.07, 6.45) is 4.62. The van der Waals surface area contributed by atoms with Gasteiger partial charge in [0.2, 0.25) is 5.91 Å².